The number of carbonyl (C=O) groups is 1. The number of alkyl halides is 4. The number of carbonyl (C=O) groups excluding carboxylic acids is 1. The quantitative estimate of drug-likeness (QED) is 0.776. The molecule has 0 aliphatic heterocycles. The van der Waals surface area contributed by atoms with Crippen molar-refractivity contribution < 1.29 is 4.79 Å². The Labute approximate surface area is 108 Å². The largest absolute Gasteiger partial charge is 0.351 e. The van der Waals surface area contributed by atoms with Crippen LogP contribution in [0.5, 0.6) is 0 Å². The summed E-state index contributed by atoms with van der Waals surface area (Å²) in [6.45, 7) is 6.58. The lowest BCUT2D eigenvalue weighted by atomic mass is 9.92. The maximum atomic E-state index is 11.2. The van der Waals surface area contributed by atoms with Crippen LogP contribution in [0.1, 0.15) is 20.8 Å². The zero-order chi connectivity index (χ0) is 11.6. The van der Waals surface area contributed by atoms with Crippen molar-refractivity contribution in [2.45, 2.75) is 29.4 Å². The van der Waals surface area contributed by atoms with Crippen LogP contribution < -0.4 is 5.32 Å². The van der Waals surface area contributed by atoms with Crippen molar-refractivity contribution >= 4 is 56.6 Å². The Morgan fingerprint density at radius 3 is 2.07 bits per heavy atom. The summed E-state index contributed by atoms with van der Waals surface area (Å²) in [5.74, 6) is -0.601. The standard InChI is InChI=1S/C8H13BrCl3NO/c1-7(2,3)5(9)4-13-6(14)8(10,11)12/h5H,4H2,1-3H3,(H,13,14). The fourth-order valence-electron chi connectivity index (χ4n) is 0.589. The molecule has 0 bridgehead atoms. The van der Waals surface area contributed by atoms with Crippen LogP contribution in [0, 0.1) is 5.41 Å². The molecule has 0 saturated carbocycles. The van der Waals surface area contributed by atoms with Crippen LogP contribution in [0.25, 0.3) is 0 Å². The van der Waals surface area contributed by atoms with Crippen LogP contribution in [0.15, 0.2) is 0 Å². The Hall–Kier alpha value is 0.820. The third-order valence-corrected chi connectivity index (χ3v) is 3.85. The van der Waals surface area contributed by atoms with E-state index in [-0.39, 0.29) is 10.2 Å². The summed E-state index contributed by atoms with van der Waals surface area (Å²) < 4.78 is -1.88. The fraction of sp³-hybridized carbons (Fsp3) is 0.875. The van der Waals surface area contributed by atoms with Gasteiger partial charge in [0, 0.05) is 11.4 Å². The SMILES string of the molecule is CC(C)(C)C(Br)CNC(=O)C(Cl)(Cl)Cl. The molecule has 0 aromatic heterocycles. The second-order valence-electron chi connectivity index (χ2n) is 4.04. The van der Waals surface area contributed by atoms with E-state index in [9.17, 15) is 4.79 Å². The van der Waals surface area contributed by atoms with Crippen LogP contribution in [0.3, 0.4) is 0 Å². The lowest BCUT2D eigenvalue weighted by molar-refractivity contribution is -0.120. The average Bonchev–Trinajstić information content (AvgIpc) is 1.95. The molecule has 1 unspecified atom stereocenters. The Kier molecular flexibility index (Phi) is 5.55. The Morgan fingerprint density at radius 2 is 1.79 bits per heavy atom. The minimum absolute atomic E-state index is 0.0425. The van der Waals surface area contributed by atoms with Gasteiger partial charge >= 0.3 is 0 Å². The van der Waals surface area contributed by atoms with Gasteiger partial charge in [0.1, 0.15) is 0 Å². The molecule has 1 atom stereocenters. The fourth-order valence-corrected chi connectivity index (χ4v) is 0.951. The van der Waals surface area contributed by atoms with Gasteiger partial charge in [-0.15, -0.1) is 0 Å². The minimum atomic E-state index is -1.88. The first-order chi connectivity index (χ1) is 6.05. The molecule has 84 valence electrons. The van der Waals surface area contributed by atoms with Gasteiger partial charge in [0.2, 0.25) is 0 Å². The third-order valence-electron chi connectivity index (χ3n) is 1.64. The molecular formula is C8H13BrCl3NO. The summed E-state index contributed by atoms with van der Waals surface area (Å²) in [6, 6.07) is 0. The predicted octanol–water partition coefficient (Wildman–Crippen LogP) is 3.28. The summed E-state index contributed by atoms with van der Waals surface area (Å²) in [7, 11) is 0. The number of halogens is 4. The van der Waals surface area contributed by atoms with Gasteiger partial charge in [-0.1, -0.05) is 71.5 Å². The molecule has 1 N–H and O–H groups in total. The first-order valence-electron chi connectivity index (χ1n) is 4.04. The molecule has 0 aromatic rings. The highest BCUT2D eigenvalue weighted by atomic mass is 79.9. The van der Waals surface area contributed by atoms with Crippen LogP contribution in [0.2, 0.25) is 0 Å². The van der Waals surface area contributed by atoms with Crippen molar-refractivity contribution in [2.24, 2.45) is 5.41 Å². The average molecular weight is 325 g/mol. The molecule has 0 aromatic carbocycles. The lowest BCUT2D eigenvalue weighted by Gasteiger charge is -2.26. The van der Waals surface area contributed by atoms with Gasteiger partial charge in [-0.2, -0.15) is 0 Å². The number of hydrogen-bond donors (Lipinski definition) is 1. The monoisotopic (exact) mass is 323 g/mol. The molecule has 1 amide bonds. The lowest BCUT2D eigenvalue weighted by Crippen LogP contribution is -2.41. The molecule has 6 heteroatoms. The van der Waals surface area contributed by atoms with E-state index in [1.54, 1.807) is 0 Å². The summed E-state index contributed by atoms with van der Waals surface area (Å²) in [4.78, 5) is 11.3. The normalized spacial score (nSPS) is 15.1. The molecule has 0 aliphatic carbocycles. The highest BCUT2D eigenvalue weighted by Gasteiger charge is 2.31. The van der Waals surface area contributed by atoms with Crippen LogP contribution in [0.4, 0.5) is 0 Å². The molecule has 0 rings (SSSR count). The zero-order valence-electron chi connectivity index (χ0n) is 8.20. The predicted molar refractivity (Wildman–Crippen MR) is 65.5 cm³/mol. The maximum Gasteiger partial charge on any atom is 0.272 e. The first-order valence-corrected chi connectivity index (χ1v) is 6.09. The molecule has 14 heavy (non-hydrogen) atoms. The van der Waals surface area contributed by atoms with Gasteiger partial charge < -0.3 is 5.32 Å². The minimum Gasteiger partial charge on any atom is -0.351 e. The van der Waals surface area contributed by atoms with E-state index < -0.39 is 9.70 Å². The second-order valence-corrected chi connectivity index (χ2v) is 7.43. The van der Waals surface area contributed by atoms with Crippen molar-refractivity contribution in [3.8, 4) is 0 Å². The van der Waals surface area contributed by atoms with E-state index in [2.05, 4.69) is 21.2 Å². The summed E-state index contributed by atoms with van der Waals surface area (Å²) >= 11 is 19.6. The summed E-state index contributed by atoms with van der Waals surface area (Å²) in [5, 5.41) is 2.55. The number of hydrogen-bond acceptors (Lipinski definition) is 1. The van der Waals surface area contributed by atoms with Gasteiger partial charge in [0.05, 0.1) is 0 Å². The van der Waals surface area contributed by atoms with E-state index in [1.165, 1.54) is 0 Å². The number of nitrogens with one attached hydrogen (secondary N) is 1. The molecule has 0 heterocycles. The molecule has 2 nitrogen and oxygen atoms in total. The second kappa shape index (κ2) is 5.24. The molecule has 0 saturated heterocycles. The van der Waals surface area contributed by atoms with Crippen molar-refractivity contribution in [1.29, 1.82) is 0 Å². The van der Waals surface area contributed by atoms with Gasteiger partial charge in [-0.3, -0.25) is 4.79 Å². The smallest absolute Gasteiger partial charge is 0.272 e. The number of amides is 1. The molecular weight excluding hydrogens is 312 g/mol. The molecule has 0 aliphatic rings. The van der Waals surface area contributed by atoms with E-state index in [0.717, 1.165) is 0 Å². The van der Waals surface area contributed by atoms with Crippen molar-refractivity contribution in [3.05, 3.63) is 0 Å². The van der Waals surface area contributed by atoms with Gasteiger partial charge in [0.25, 0.3) is 9.70 Å². The third kappa shape index (κ3) is 5.64. The van der Waals surface area contributed by atoms with E-state index in [4.69, 9.17) is 34.8 Å². The van der Waals surface area contributed by atoms with Crippen molar-refractivity contribution in [3.63, 3.8) is 0 Å². The van der Waals surface area contributed by atoms with E-state index >= 15 is 0 Å². The topological polar surface area (TPSA) is 29.1 Å². The van der Waals surface area contributed by atoms with Crippen molar-refractivity contribution in [1.82, 2.24) is 5.32 Å². The van der Waals surface area contributed by atoms with Gasteiger partial charge in [0.15, 0.2) is 0 Å². The molecule has 0 fully saturated rings. The van der Waals surface area contributed by atoms with Crippen LogP contribution in [-0.4, -0.2) is 21.1 Å². The maximum absolute atomic E-state index is 11.2. The highest BCUT2D eigenvalue weighted by Crippen LogP contribution is 2.28. The molecule has 0 radical (unpaired) electrons. The Morgan fingerprint density at radius 1 is 1.36 bits per heavy atom. The summed E-state index contributed by atoms with van der Waals surface area (Å²) in [5.41, 5.74) is 0.0425. The van der Waals surface area contributed by atoms with E-state index in [1.807, 2.05) is 20.8 Å². The molecule has 0 spiro atoms. The van der Waals surface area contributed by atoms with Crippen LogP contribution >= 0.6 is 50.7 Å². The Bertz CT molecular complexity index is 210. The first kappa shape index (κ1) is 14.8. The van der Waals surface area contributed by atoms with Crippen LogP contribution in [-0.2, 0) is 4.79 Å². The van der Waals surface area contributed by atoms with E-state index in [0.29, 0.717) is 6.54 Å². The Balaban J connectivity index is 4.03. The van der Waals surface area contributed by atoms with Gasteiger partial charge in [-0.05, 0) is 5.41 Å². The van der Waals surface area contributed by atoms with Crippen molar-refractivity contribution in [2.75, 3.05) is 6.54 Å². The van der Waals surface area contributed by atoms with Gasteiger partial charge in [-0.25, -0.2) is 0 Å². The summed E-state index contributed by atoms with van der Waals surface area (Å²) in [6.07, 6.45) is 0. The zero-order valence-corrected chi connectivity index (χ0v) is 12.1. The highest BCUT2D eigenvalue weighted by molar-refractivity contribution is 9.09. The number of rotatable bonds is 2.